The zero-order valence-electron chi connectivity index (χ0n) is 7.23. The van der Waals surface area contributed by atoms with Gasteiger partial charge in [0.15, 0.2) is 15.0 Å². The van der Waals surface area contributed by atoms with Gasteiger partial charge in [0.1, 0.15) is 4.60 Å². The number of sulfone groups is 1. The van der Waals surface area contributed by atoms with Crippen molar-refractivity contribution in [2.75, 3.05) is 16.8 Å². The van der Waals surface area contributed by atoms with Crippen molar-refractivity contribution in [2.24, 2.45) is 0 Å². The average Bonchev–Trinajstić information content (AvgIpc) is 2.59. The van der Waals surface area contributed by atoms with Gasteiger partial charge in [0.25, 0.3) is 0 Å². The minimum Gasteiger partial charge on any atom is -0.358 e. The average molecular weight is 297 g/mol. The van der Waals surface area contributed by atoms with Gasteiger partial charge in [0, 0.05) is 11.4 Å². The molecule has 1 unspecified atom stereocenters. The molecule has 1 aliphatic heterocycles. The smallest absolute Gasteiger partial charge is 0.183 e. The maximum absolute atomic E-state index is 11.2. The summed E-state index contributed by atoms with van der Waals surface area (Å²) in [6.45, 7) is 0. The Kier molecular flexibility index (Phi) is 2.81. The Morgan fingerprint density at radius 2 is 2.43 bits per heavy atom. The van der Waals surface area contributed by atoms with Gasteiger partial charge in [-0.25, -0.2) is 13.4 Å². The quantitative estimate of drug-likeness (QED) is 0.899. The third-order valence-electron chi connectivity index (χ3n) is 2.04. The number of thiazole rings is 1. The standard InChI is InChI=1S/C7H9BrN2O2S2/c8-6-3-13-7(10-6)9-5-1-2-14(11,12)4-5/h3,5H,1-2,4H2,(H,9,10). The van der Waals surface area contributed by atoms with E-state index in [9.17, 15) is 8.42 Å². The van der Waals surface area contributed by atoms with Crippen LogP contribution in [0, 0.1) is 0 Å². The molecule has 1 atom stereocenters. The van der Waals surface area contributed by atoms with Crippen LogP contribution in [0.25, 0.3) is 0 Å². The second-order valence-electron chi connectivity index (χ2n) is 3.22. The van der Waals surface area contributed by atoms with E-state index in [0.29, 0.717) is 6.42 Å². The first-order valence-electron chi connectivity index (χ1n) is 4.13. The van der Waals surface area contributed by atoms with Crippen LogP contribution in [-0.4, -0.2) is 30.9 Å². The molecule has 0 radical (unpaired) electrons. The monoisotopic (exact) mass is 296 g/mol. The summed E-state index contributed by atoms with van der Waals surface area (Å²) < 4.78 is 23.1. The Morgan fingerprint density at radius 1 is 1.64 bits per heavy atom. The highest BCUT2D eigenvalue weighted by Gasteiger charge is 2.28. The van der Waals surface area contributed by atoms with Crippen molar-refractivity contribution in [1.82, 2.24) is 4.98 Å². The van der Waals surface area contributed by atoms with Gasteiger partial charge in [-0.15, -0.1) is 11.3 Å². The second-order valence-corrected chi connectivity index (χ2v) is 7.12. The van der Waals surface area contributed by atoms with Crippen molar-refractivity contribution in [3.63, 3.8) is 0 Å². The number of aromatic nitrogens is 1. The van der Waals surface area contributed by atoms with Gasteiger partial charge >= 0.3 is 0 Å². The highest BCUT2D eigenvalue weighted by molar-refractivity contribution is 9.10. The molecule has 7 heteroatoms. The van der Waals surface area contributed by atoms with E-state index in [2.05, 4.69) is 26.2 Å². The Bertz CT molecular complexity index is 429. The summed E-state index contributed by atoms with van der Waals surface area (Å²) >= 11 is 4.72. The summed E-state index contributed by atoms with van der Waals surface area (Å²) in [7, 11) is -2.81. The first kappa shape index (κ1) is 10.4. The topological polar surface area (TPSA) is 59.1 Å². The van der Waals surface area contributed by atoms with E-state index in [-0.39, 0.29) is 17.5 Å². The lowest BCUT2D eigenvalue weighted by molar-refractivity contribution is 0.602. The van der Waals surface area contributed by atoms with E-state index < -0.39 is 9.84 Å². The number of nitrogens with one attached hydrogen (secondary N) is 1. The Hall–Kier alpha value is -0.140. The molecule has 1 saturated heterocycles. The predicted octanol–water partition coefficient (Wildman–Crippen LogP) is 1.50. The molecule has 0 spiro atoms. The minimum absolute atomic E-state index is 0.0260. The van der Waals surface area contributed by atoms with Crippen LogP contribution in [0.2, 0.25) is 0 Å². The van der Waals surface area contributed by atoms with E-state index in [4.69, 9.17) is 0 Å². The maximum atomic E-state index is 11.2. The number of anilines is 1. The van der Waals surface area contributed by atoms with Crippen LogP contribution in [0.3, 0.4) is 0 Å². The van der Waals surface area contributed by atoms with Crippen LogP contribution in [-0.2, 0) is 9.84 Å². The highest BCUT2D eigenvalue weighted by atomic mass is 79.9. The molecule has 0 aromatic carbocycles. The van der Waals surface area contributed by atoms with Crippen molar-refractivity contribution >= 4 is 42.2 Å². The molecule has 1 fully saturated rings. The number of halogens is 1. The normalized spacial score (nSPS) is 25.1. The minimum atomic E-state index is -2.81. The van der Waals surface area contributed by atoms with Crippen LogP contribution in [0.15, 0.2) is 9.98 Å². The van der Waals surface area contributed by atoms with E-state index >= 15 is 0 Å². The van der Waals surface area contributed by atoms with Crippen LogP contribution < -0.4 is 5.32 Å². The zero-order valence-corrected chi connectivity index (χ0v) is 10.5. The van der Waals surface area contributed by atoms with Crippen LogP contribution in [0.5, 0.6) is 0 Å². The van der Waals surface area contributed by atoms with Crippen LogP contribution >= 0.6 is 27.3 Å². The van der Waals surface area contributed by atoms with Crippen molar-refractivity contribution in [1.29, 1.82) is 0 Å². The van der Waals surface area contributed by atoms with E-state index in [1.165, 1.54) is 11.3 Å². The Morgan fingerprint density at radius 3 is 2.93 bits per heavy atom. The first-order chi connectivity index (χ1) is 6.55. The fourth-order valence-corrected chi connectivity index (χ4v) is 4.30. The molecule has 0 bridgehead atoms. The van der Waals surface area contributed by atoms with Crippen molar-refractivity contribution in [2.45, 2.75) is 12.5 Å². The zero-order chi connectivity index (χ0) is 10.2. The Balaban J connectivity index is 2.00. The number of rotatable bonds is 2. The van der Waals surface area contributed by atoms with Gasteiger partial charge < -0.3 is 5.32 Å². The number of nitrogens with zero attached hydrogens (tertiary/aromatic N) is 1. The van der Waals surface area contributed by atoms with Gasteiger partial charge in [-0.3, -0.25) is 0 Å². The van der Waals surface area contributed by atoms with Gasteiger partial charge in [0.05, 0.1) is 11.5 Å². The highest BCUT2D eigenvalue weighted by Crippen LogP contribution is 2.23. The van der Waals surface area contributed by atoms with E-state index in [1.54, 1.807) is 0 Å². The van der Waals surface area contributed by atoms with Gasteiger partial charge in [-0.05, 0) is 22.4 Å². The summed E-state index contributed by atoms with van der Waals surface area (Å²) in [4.78, 5) is 4.15. The summed E-state index contributed by atoms with van der Waals surface area (Å²) in [5.41, 5.74) is 0. The lowest BCUT2D eigenvalue weighted by Gasteiger charge is -2.07. The first-order valence-corrected chi connectivity index (χ1v) is 7.62. The summed E-state index contributed by atoms with van der Waals surface area (Å²) in [6.07, 6.45) is 0.680. The number of hydrogen-bond donors (Lipinski definition) is 1. The predicted molar refractivity (Wildman–Crippen MR) is 60.5 cm³/mol. The van der Waals surface area contributed by atoms with Gasteiger partial charge in [-0.2, -0.15) is 0 Å². The lowest BCUT2D eigenvalue weighted by Crippen LogP contribution is -2.20. The molecule has 1 aromatic rings. The third kappa shape index (κ3) is 2.46. The van der Waals surface area contributed by atoms with Crippen LogP contribution in [0.1, 0.15) is 6.42 Å². The number of hydrogen-bond acceptors (Lipinski definition) is 5. The fourth-order valence-electron chi connectivity index (χ4n) is 1.40. The molecule has 78 valence electrons. The molecule has 0 amide bonds. The fraction of sp³-hybridized carbons (Fsp3) is 0.571. The van der Waals surface area contributed by atoms with Gasteiger partial charge in [-0.1, -0.05) is 0 Å². The molecular weight excluding hydrogens is 288 g/mol. The van der Waals surface area contributed by atoms with Gasteiger partial charge in [0.2, 0.25) is 0 Å². The molecule has 4 nitrogen and oxygen atoms in total. The largest absolute Gasteiger partial charge is 0.358 e. The molecule has 14 heavy (non-hydrogen) atoms. The molecule has 2 rings (SSSR count). The molecule has 2 heterocycles. The third-order valence-corrected chi connectivity index (χ3v) is 5.29. The van der Waals surface area contributed by atoms with Crippen molar-refractivity contribution in [3.05, 3.63) is 9.98 Å². The summed E-state index contributed by atoms with van der Waals surface area (Å²) in [6, 6.07) is 0.0260. The summed E-state index contributed by atoms with van der Waals surface area (Å²) in [5.74, 6) is 0.515. The van der Waals surface area contributed by atoms with E-state index in [1.807, 2.05) is 5.38 Å². The molecule has 0 aliphatic carbocycles. The molecule has 0 saturated carbocycles. The van der Waals surface area contributed by atoms with Crippen molar-refractivity contribution < 1.29 is 8.42 Å². The molecule has 1 N–H and O–H groups in total. The second kappa shape index (κ2) is 3.79. The Labute approximate surface area is 94.8 Å². The van der Waals surface area contributed by atoms with Crippen LogP contribution in [0.4, 0.5) is 5.13 Å². The van der Waals surface area contributed by atoms with Crippen molar-refractivity contribution in [3.8, 4) is 0 Å². The lowest BCUT2D eigenvalue weighted by atomic mass is 10.3. The SMILES string of the molecule is O=S1(=O)CCC(Nc2nc(Br)cs2)C1. The molecule has 1 aliphatic rings. The molecular formula is C7H9BrN2O2S2. The summed E-state index contributed by atoms with van der Waals surface area (Å²) in [5, 5.41) is 5.76. The van der Waals surface area contributed by atoms with E-state index in [0.717, 1.165) is 9.73 Å². The maximum Gasteiger partial charge on any atom is 0.183 e. The molecule has 1 aromatic heterocycles.